The Morgan fingerprint density at radius 2 is 2.13 bits per heavy atom. The van der Waals surface area contributed by atoms with Crippen LogP contribution < -0.4 is 5.32 Å². The van der Waals surface area contributed by atoms with Gasteiger partial charge >= 0.3 is 0 Å². The number of nitrogens with one attached hydrogen (secondary N) is 1. The first-order chi connectivity index (χ1) is 7.24. The van der Waals surface area contributed by atoms with E-state index < -0.39 is 6.10 Å². The van der Waals surface area contributed by atoms with Crippen LogP contribution in [0.25, 0.3) is 10.9 Å². The summed E-state index contributed by atoms with van der Waals surface area (Å²) in [5.41, 5.74) is 2.14. The van der Waals surface area contributed by atoms with Crippen molar-refractivity contribution in [2.45, 2.75) is 6.10 Å². The fourth-order valence-electron chi connectivity index (χ4n) is 1.94. The van der Waals surface area contributed by atoms with Crippen molar-refractivity contribution in [2.75, 3.05) is 13.6 Å². The summed E-state index contributed by atoms with van der Waals surface area (Å²) in [6.07, 6.45) is 1.55. The van der Waals surface area contributed by atoms with Crippen molar-refractivity contribution in [3.63, 3.8) is 0 Å². The van der Waals surface area contributed by atoms with E-state index >= 15 is 0 Å². The quantitative estimate of drug-likeness (QED) is 0.793. The first kappa shape index (κ1) is 10.2. The Bertz CT molecular complexity index is 462. The summed E-state index contributed by atoms with van der Waals surface area (Å²) >= 11 is 0. The molecule has 0 radical (unpaired) electrons. The van der Waals surface area contributed by atoms with Crippen molar-refractivity contribution >= 4 is 10.9 Å². The third kappa shape index (κ3) is 1.76. The van der Waals surface area contributed by atoms with Crippen molar-refractivity contribution in [2.24, 2.45) is 7.05 Å². The molecule has 15 heavy (non-hydrogen) atoms. The van der Waals surface area contributed by atoms with Crippen molar-refractivity contribution in [1.82, 2.24) is 9.88 Å². The van der Waals surface area contributed by atoms with Gasteiger partial charge in [0.2, 0.25) is 0 Å². The number of aliphatic hydroxyl groups is 1. The SMILES string of the molecule is CNC[C@@H](O)c1cn(C)c2ccccc12. The average molecular weight is 204 g/mol. The van der Waals surface area contributed by atoms with Gasteiger partial charge in [0.05, 0.1) is 6.10 Å². The van der Waals surface area contributed by atoms with Gasteiger partial charge in [0.15, 0.2) is 0 Å². The Kier molecular flexibility index (Phi) is 2.75. The number of para-hydroxylation sites is 1. The van der Waals surface area contributed by atoms with Gasteiger partial charge in [-0.05, 0) is 13.1 Å². The molecule has 2 N–H and O–H groups in total. The maximum absolute atomic E-state index is 9.96. The molecule has 0 saturated carbocycles. The highest BCUT2D eigenvalue weighted by atomic mass is 16.3. The van der Waals surface area contributed by atoms with Crippen LogP contribution in [0.4, 0.5) is 0 Å². The van der Waals surface area contributed by atoms with Gasteiger partial charge in [-0.15, -0.1) is 0 Å². The normalized spacial score (nSPS) is 13.3. The second-order valence-corrected chi connectivity index (χ2v) is 3.79. The highest BCUT2D eigenvalue weighted by molar-refractivity contribution is 5.84. The molecule has 0 bridgehead atoms. The van der Waals surface area contributed by atoms with Gasteiger partial charge in [-0.3, -0.25) is 0 Å². The maximum atomic E-state index is 9.96. The van der Waals surface area contributed by atoms with Crippen LogP contribution >= 0.6 is 0 Å². The molecule has 1 aromatic heterocycles. The van der Waals surface area contributed by atoms with E-state index in [2.05, 4.69) is 11.4 Å². The average Bonchev–Trinajstić information content (AvgIpc) is 2.58. The first-order valence-corrected chi connectivity index (χ1v) is 5.10. The number of fused-ring (bicyclic) bond motifs is 1. The van der Waals surface area contributed by atoms with Crippen LogP contribution in [-0.2, 0) is 7.05 Å². The largest absolute Gasteiger partial charge is 0.387 e. The number of aryl methyl sites for hydroxylation is 1. The number of benzene rings is 1. The number of aliphatic hydroxyl groups excluding tert-OH is 1. The molecule has 80 valence electrons. The second kappa shape index (κ2) is 4.04. The summed E-state index contributed by atoms with van der Waals surface area (Å²) in [6, 6.07) is 8.11. The lowest BCUT2D eigenvalue weighted by atomic mass is 10.1. The molecule has 0 spiro atoms. The van der Waals surface area contributed by atoms with Crippen LogP contribution in [0.2, 0.25) is 0 Å². The third-order valence-corrected chi connectivity index (χ3v) is 2.68. The predicted molar refractivity (Wildman–Crippen MR) is 61.8 cm³/mol. The van der Waals surface area contributed by atoms with Gasteiger partial charge in [-0.1, -0.05) is 18.2 Å². The lowest BCUT2D eigenvalue weighted by Crippen LogP contribution is -2.16. The molecule has 3 nitrogen and oxygen atoms in total. The molecule has 0 aliphatic rings. The Morgan fingerprint density at radius 1 is 1.40 bits per heavy atom. The molecular weight excluding hydrogens is 188 g/mol. The highest BCUT2D eigenvalue weighted by Crippen LogP contribution is 2.25. The topological polar surface area (TPSA) is 37.2 Å². The van der Waals surface area contributed by atoms with Crippen LogP contribution in [0, 0.1) is 0 Å². The monoisotopic (exact) mass is 204 g/mol. The van der Waals surface area contributed by atoms with Gasteiger partial charge in [-0.2, -0.15) is 0 Å². The molecule has 2 rings (SSSR count). The second-order valence-electron chi connectivity index (χ2n) is 3.79. The van der Waals surface area contributed by atoms with Crippen molar-refractivity contribution in [3.05, 3.63) is 36.0 Å². The van der Waals surface area contributed by atoms with Crippen molar-refractivity contribution < 1.29 is 5.11 Å². The number of hydrogen-bond acceptors (Lipinski definition) is 2. The number of aromatic nitrogens is 1. The van der Waals surface area contributed by atoms with Crippen LogP contribution in [0.1, 0.15) is 11.7 Å². The summed E-state index contributed by atoms with van der Waals surface area (Å²) in [5, 5.41) is 14.1. The molecular formula is C12H16N2O. The number of likely N-dealkylation sites (N-methyl/N-ethyl adjacent to an activating group) is 1. The minimum Gasteiger partial charge on any atom is -0.387 e. The molecule has 0 amide bonds. The van der Waals surface area contributed by atoms with E-state index in [0.717, 1.165) is 16.5 Å². The van der Waals surface area contributed by atoms with E-state index in [1.807, 2.05) is 43.1 Å². The molecule has 1 heterocycles. The summed E-state index contributed by atoms with van der Waals surface area (Å²) < 4.78 is 2.05. The number of hydrogen-bond donors (Lipinski definition) is 2. The molecule has 0 aliphatic carbocycles. The molecule has 2 aromatic rings. The predicted octanol–water partition coefficient (Wildman–Crippen LogP) is 1.43. The van der Waals surface area contributed by atoms with Crippen LogP contribution in [0.3, 0.4) is 0 Å². The zero-order chi connectivity index (χ0) is 10.8. The maximum Gasteiger partial charge on any atom is 0.0934 e. The van der Waals surface area contributed by atoms with E-state index in [9.17, 15) is 5.11 Å². The van der Waals surface area contributed by atoms with Crippen molar-refractivity contribution in [1.29, 1.82) is 0 Å². The van der Waals surface area contributed by atoms with Gasteiger partial charge in [0.1, 0.15) is 0 Å². The minimum atomic E-state index is -0.443. The molecule has 1 aromatic carbocycles. The van der Waals surface area contributed by atoms with Crippen LogP contribution in [0.5, 0.6) is 0 Å². The molecule has 0 saturated heterocycles. The zero-order valence-electron chi connectivity index (χ0n) is 9.07. The summed E-state index contributed by atoms with van der Waals surface area (Å²) in [4.78, 5) is 0. The third-order valence-electron chi connectivity index (χ3n) is 2.68. The summed E-state index contributed by atoms with van der Waals surface area (Å²) in [7, 11) is 3.84. The van der Waals surface area contributed by atoms with E-state index in [0.29, 0.717) is 6.54 Å². The highest BCUT2D eigenvalue weighted by Gasteiger charge is 2.12. The fraction of sp³-hybridized carbons (Fsp3) is 0.333. The number of rotatable bonds is 3. The van der Waals surface area contributed by atoms with Crippen LogP contribution in [-0.4, -0.2) is 23.3 Å². The van der Waals surface area contributed by atoms with E-state index in [1.165, 1.54) is 0 Å². The molecule has 0 fully saturated rings. The molecule has 1 atom stereocenters. The molecule has 0 unspecified atom stereocenters. The lowest BCUT2D eigenvalue weighted by molar-refractivity contribution is 0.179. The van der Waals surface area contributed by atoms with Gasteiger partial charge in [-0.25, -0.2) is 0 Å². The Hall–Kier alpha value is -1.32. The molecule has 3 heteroatoms. The Balaban J connectivity index is 2.52. The van der Waals surface area contributed by atoms with Gasteiger partial charge < -0.3 is 15.0 Å². The minimum absolute atomic E-state index is 0.443. The molecule has 0 aliphatic heterocycles. The first-order valence-electron chi connectivity index (χ1n) is 5.10. The Morgan fingerprint density at radius 3 is 2.87 bits per heavy atom. The van der Waals surface area contributed by atoms with E-state index in [4.69, 9.17) is 0 Å². The zero-order valence-corrected chi connectivity index (χ0v) is 9.07. The number of nitrogens with zero attached hydrogens (tertiary/aromatic N) is 1. The fourth-order valence-corrected chi connectivity index (χ4v) is 1.94. The van der Waals surface area contributed by atoms with E-state index in [1.54, 1.807) is 0 Å². The van der Waals surface area contributed by atoms with Crippen molar-refractivity contribution in [3.8, 4) is 0 Å². The Labute approximate surface area is 89.3 Å². The van der Waals surface area contributed by atoms with Gasteiger partial charge in [0.25, 0.3) is 0 Å². The van der Waals surface area contributed by atoms with E-state index in [-0.39, 0.29) is 0 Å². The summed E-state index contributed by atoms with van der Waals surface area (Å²) in [5.74, 6) is 0. The van der Waals surface area contributed by atoms with Crippen LogP contribution in [0.15, 0.2) is 30.5 Å². The van der Waals surface area contributed by atoms with Gasteiger partial charge in [0, 0.05) is 36.3 Å². The smallest absolute Gasteiger partial charge is 0.0934 e. The summed E-state index contributed by atoms with van der Waals surface area (Å²) in [6.45, 7) is 0.577. The standard InChI is InChI=1S/C12H16N2O/c1-13-7-12(15)10-8-14(2)11-6-4-3-5-9(10)11/h3-6,8,12-13,15H,7H2,1-2H3/t12-/m1/s1. The lowest BCUT2D eigenvalue weighted by Gasteiger charge is -2.08.